The van der Waals surface area contributed by atoms with Crippen LogP contribution in [0.25, 0.3) is 0 Å². The van der Waals surface area contributed by atoms with Gasteiger partial charge in [-0.2, -0.15) is 0 Å². The number of aromatic nitrogens is 2. The summed E-state index contributed by atoms with van der Waals surface area (Å²) in [4.78, 5) is 8.21. The second-order valence-electron chi connectivity index (χ2n) is 3.27. The SMILES string of the molecule is CC.Cc1cncc(OCc2ccccc2)n1. The van der Waals surface area contributed by atoms with Crippen LogP contribution in [0.15, 0.2) is 42.7 Å². The van der Waals surface area contributed by atoms with Crippen molar-refractivity contribution in [1.82, 2.24) is 9.97 Å². The van der Waals surface area contributed by atoms with Gasteiger partial charge in [0.15, 0.2) is 0 Å². The molecule has 2 aromatic rings. The predicted molar refractivity (Wildman–Crippen MR) is 68.9 cm³/mol. The van der Waals surface area contributed by atoms with Gasteiger partial charge in [-0.25, -0.2) is 4.98 Å². The molecule has 0 saturated carbocycles. The van der Waals surface area contributed by atoms with Crippen molar-refractivity contribution in [2.24, 2.45) is 0 Å². The molecule has 0 atom stereocenters. The molecule has 0 N–H and O–H groups in total. The second-order valence-corrected chi connectivity index (χ2v) is 3.27. The monoisotopic (exact) mass is 230 g/mol. The van der Waals surface area contributed by atoms with Crippen molar-refractivity contribution >= 4 is 0 Å². The molecule has 1 aromatic heterocycles. The smallest absolute Gasteiger partial charge is 0.232 e. The van der Waals surface area contributed by atoms with Gasteiger partial charge in [-0.1, -0.05) is 44.2 Å². The van der Waals surface area contributed by atoms with Crippen LogP contribution in [0.3, 0.4) is 0 Å². The van der Waals surface area contributed by atoms with Gasteiger partial charge in [0.05, 0.1) is 11.9 Å². The highest BCUT2D eigenvalue weighted by molar-refractivity contribution is 5.15. The summed E-state index contributed by atoms with van der Waals surface area (Å²) in [6.45, 7) is 6.42. The standard InChI is InChI=1S/C12H12N2O.C2H6/c1-10-7-13-8-12(14-10)15-9-11-5-3-2-4-6-11;1-2/h2-8H,9H2,1H3;1-2H3. The van der Waals surface area contributed by atoms with Gasteiger partial charge in [-0.3, -0.25) is 4.98 Å². The largest absolute Gasteiger partial charge is 0.472 e. The lowest BCUT2D eigenvalue weighted by atomic mass is 10.2. The lowest BCUT2D eigenvalue weighted by Crippen LogP contribution is -1.98. The summed E-state index contributed by atoms with van der Waals surface area (Å²) < 4.78 is 5.50. The maximum Gasteiger partial charge on any atom is 0.232 e. The van der Waals surface area contributed by atoms with Crippen LogP contribution in [0.4, 0.5) is 0 Å². The minimum atomic E-state index is 0.527. The Balaban J connectivity index is 0.000000686. The molecule has 1 aromatic carbocycles. The summed E-state index contributed by atoms with van der Waals surface area (Å²) in [7, 11) is 0. The van der Waals surface area contributed by atoms with Gasteiger partial charge in [-0.05, 0) is 12.5 Å². The van der Waals surface area contributed by atoms with Crippen molar-refractivity contribution in [2.45, 2.75) is 27.4 Å². The van der Waals surface area contributed by atoms with Crippen molar-refractivity contribution in [1.29, 1.82) is 0 Å². The first-order chi connectivity index (χ1) is 8.34. The zero-order valence-corrected chi connectivity index (χ0v) is 10.6. The number of aryl methyl sites for hydroxylation is 1. The van der Waals surface area contributed by atoms with Crippen LogP contribution >= 0.6 is 0 Å². The Hall–Kier alpha value is -1.90. The molecule has 17 heavy (non-hydrogen) atoms. The van der Waals surface area contributed by atoms with Crippen molar-refractivity contribution in [3.8, 4) is 5.88 Å². The van der Waals surface area contributed by atoms with Crippen molar-refractivity contribution in [3.63, 3.8) is 0 Å². The Labute approximate surface area is 103 Å². The van der Waals surface area contributed by atoms with Gasteiger partial charge in [0.2, 0.25) is 5.88 Å². The lowest BCUT2D eigenvalue weighted by Gasteiger charge is -2.04. The van der Waals surface area contributed by atoms with Crippen molar-refractivity contribution in [3.05, 3.63) is 54.0 Å². The molecular weight excluding hydrogens is 212 g/mol. The third kappa shape index (κ3) is 4.64. The predicted octanol–water partition coefficient (Wildman–Crippen LogP) is 3.39. The average Bonchev–Trinajstić information content (AvgIpc) is 2.40. The molecule has 0 amide bonds. The van der Waals surface area contributed by atoms with Gasteiger partial charge in [0.1, 0.15) is 6.61 Å². The molecule has 0 bridgehead atoms. The summed E-state index contributed by atoms with van der Waals surface area (Å²) in [5, 5.41) is 0. The first kappa shape index (κ1) is 13.2. The molecule has 0 aliphatic rings. The van der Waals surface area contributed by atoms with Gasteiger partial charge >= 0.3 is 0 Å². The number of nitrogens with zero attached hydrogens (tertiary/aromatic N) is 2. The molecule has 0 spiro atoms. The van der Waals surface area contributed by atoms with Crippen LogP contribution in [0.5, 0.6) is 5.88 Å². The molecule has 90 valence electrons. The Morgan fingerprint density at radius 2 is 1.76 bits per heavy atom. The van der Waals surface area contributed by atoms with Crippen molar-refractivity contribution < 1.29 is 4.74 Å². The normalized spacial score (nSPS) is 9.12. The van der Waals surface area contributed by atoms with Crippen LogP contribution in [-0.2, 0) is 6.61 Å². The van der Waals surface area contributed by atoms with E-state index in [1.165, 1.54) is 0 Å². The summed E-state index contributed by atoms with van der Waals surface area (Å²) >= 11 is 0. The average molecular weight is 230 g/mol. The van der Waals surface area contributed by atoms with Gasteiger partial charge in [-0.15, -0.1) is 0 Å². The quantitative estimate of drug-likeness (QED) is 0.810. The molecule has 0 aliphatic heterocycles. The summed E-state index contributed by atoms with van der Waals surface area (Å²) in [5.41, 5.74) is 1.99. The van der Waals surface area contributed by atoms with E-state index in [0.717, 1.165) is 11.3 Å². The second kappa shape index (κ2) is 7.39. The van der Waals surface area contributed by atoms with E-state index < -0.39 is 0 Å². The van der Waals surface area contributed by atoms with E-state index in [1.54, 1.807) is 12.4 Å². The fraction of sp³-hybridized carbons (Fsp3) is 0.286. The Kier molecular flexibility index (Phi) is 5.72. The molecule has 3 heteroatoms. The minimum absolute atomic E-state index is 0.527. The Morgan fingerprint density at radius 1 is 1.06 bits per heavy atom. The fourth-order valence-electron chi connectivity index (χ4n) is 1.24. The van der Waals surface area contributed by atoms with Crippen LogP contribution in [-0.4, -0.2) is 9.97 Å². The molecule has 0 radical (unpaired) electrons. The molecule has 0 fully saturated rings. The van der Waals surface area contributed by atoms with Crippen LogP contribution in [0.2, 0.25) is 0 Å². The summed E-state index contributed by atoms with van der Waals surface area (Å²) in [5.74, 6) is 0.568. The van der Waals surface area contributed by atoms with E-state index in [0.29, 0.717) is 12.5 Å². The number of benzene rings is 1. The maximum atomic E-state index is 5.50. The summed E-state index contributed by atoms with van der Waals surface area (Å²) in [6, 6.07) is 9.99. The van der Waals surface area contributed by atoms with E-state index in [2.05, 4.69) is 9.97 Å². The number of hydrogen-bond donors (Lipinski definition) is 0. The molecule has 1 heterocycles. The highest BCUT2D eigenvalue weighted by Crippen LogP contribution is 2.07. The lowest BCUT2D eigenvalue weighted by molar-refractivity contribution is 0.292. The minimum Gasteiger partial charge on any atom is -0.472 e. The molecule has 0 aliphatic carbocycles. The van der Waals surface area contributed by atoms with E-state index in [-0.39, 0.29) is 0 Å². The summed E-state index contributed by atoms with van der Waals surface area (Å²) in [6.07, 6.45) is 3.32. The van der Waals surface area contributed by atoms with Crippen LogP contribution in [0.1, 0.15) is 25.1 Å². The Morgan fingerprint density at radius 3 is 2.41 bits per heavy atom. The molecule has 3 nitrogen and oxygen atoms in total. The molecule has 2 rings (SSSR count). The zero-order valence-electron chi connectivity index (χ0n) is 10.6. The third-order valence-corrected chi connectivity index (χ3v) is 1.96. The van der Waals surface area contributed by atoms with E-state index in [4.69, 9.17) is 4.74 Å². The zero-order chi connectivity index (χ0) is 12.5. The molecular formula is C14H18N2O. The third-order valence-electron chi connectivity index (χ3n) is 1.96. The molecule has 0 saturated heterocycles. The number of ether oxygens (including phenoxy) is 1. The first-order valence-corrected chi connectivity index (χ1v) is 5.80. The van der Waals surface area contributed by atoms with E-state index in [9.17, 15) is 0 Å². The maximum absolute atomic E-state index is 5.50. The van der Waals surface area contributed by atoms with Crippen molar-refractivity contribution in [2.75, 3.05) is 0 Å². The van der Waals surface area contributed by atoms with Gasteiger partial charge in [0, 0.05) is 6.20 Å². The molecule has 0 unspecified atom stereocenters. The van der Waals surface area contributed by atoms with E-state index >= 15 is 0 Å². The van der Waals surface area contributed by atoms with Gasteiger partial charge in [0.25, 0.3) is 0 Å². The topological polar surface area (TPSA) is 35.0 Å². The van der Waals surface area contributed by atoms with Gasteiger partial charge < -0.3 is 4.74 Å². The highest BCUT2D eigenvalue weighted by atomic mass is 16.5. The Bertz CT molecular complexity index is 429. The number of rotatable bonds is 3. The first-order valence-electron chi connectivity index (χ1n) is 5.80. The number of hydrogen-bond acceptors (Lipinski definition) is 3. The van der Waals surface area contributed by atoms with Crippen LogP contribution in [0, 0.1) is 6.92 Å². The highest BCUT2D eigenvalue weighted by Gasteiger charge is 1.97. The fourth-order valence-corrected chi connectivity index (χ4v) is 1.24. The van der Waals surface area contributed by atoms with E-state index in [1.807, 2.05) is 51.1 Å². The van der Waals surface area contributed by atoms with Crippen LogP contribution < -0.4 is 4.74 Å².